The van der Waals surface area contributed by atoms with Crippen molar-refractivity contribution in [2.75, 3.05) is 34.3 Å². The first-order chi connectivity index (χ1) is 16.9. The van der Waals surface area contributed by atoms with Crippen LogP contribution >= 0.6 is 0 Å². The third kappa shape index (κ3) is 5.94. The maximum absolute atomic E-state index is 13.0. The Bertz CT molecular complexity index is 1410. The van der Waals surface area contributed by atoms with Crippen LogP contribution in [0.5, 0.6) is 0 Å². The quantitative estimate of drug-likeness (QED) is 0.486. The van der Waals surface area contributed by atoms with Gasteiger partial charge < -0.3 is 14.6 Å². The SMILES string of the molecule is CS(=O)(=O)Nc1cccc(NC(=O)c2cnc(N3CCN(Cc4cccc(C(F)(F)F)c4)C3=O)o2)c1. The Morgan fingerprint density at radius 3 is 2.56 bits per heavy atom. The van der Waals surface area contributed by atoms with E-state index in [2.05, 4.69) is 15.0 Å². The number of oxazole rings is 1. The number of hydrogen-bond donors (Lipinski definition) is 2. The minimum atomic E-state index is -4.49. The predicted molar refractivity (Wildman–Crippen MR) is 124 cm³/mol. The Balaban J connectivity index is 1.41. The maximum Gasteiger partial charge on any atom is 0.416 e. The average molecular weight is 523 g/mol. The Morgan fingerprint density at radius 2 is 1.83 bits per heavy atom. The molecule has 1 fully saturated rings. The number of nitrogens with zero attached hydrogens (tertiary/aromatic N) is 3. The number of anilines is 3. The van der Waals surface area contributed by atoms with Crippen LogP contribution < -0.4 is 14.9 Å². The molecule has 36 heavy (non-hydrogen) atoms. The largest absolute Gasteiger partial charge is 0.418 e. The number of halogens is 3. The summed E-state index contributed by atoms with van der Waals surface area (Å²) in [5, 5.41) is 2.55. The first kappa shape index (κ1) is 25.0. The third-order valence-corrected chi connectivity index (χ3v) is 5.70. The molecule has 1 aliphatic heterocycles. The minimum absolute atomic E-state index is 0.0365. The summed E-state index contributed by atoms with van der Waals surface area (Å²) in [6.07, 6.45) is -2.36. The van der Waals surface area contributed by atoms with E-state index in [1.165, 1.54) is 46.2 Å². The molecule has 0 radical (unpaired) electrons. The van der Waals surface area contributed by atoms with E-state index in [1.807, 2.05) is 0 Å². The lowest BCUT2D eigenvalue weighted by atomic mass is 10.1. The molecule has 3 aromatic rings. The van der Waals surface area contributed by atoms with Crippen molar-refractivity contribution in [2.45, 2.75) is 12.7 Å². The second-order valence-electron chi connectivity index (χ2n) is 7.97. The summed E-state index contributed by atoms with van der Waals surface area (Å²) in [5.74, 6) is -0.881. The molecule has 0 unspecified atom stereocenters. The second kappa shape index (κ2) is 9.53. The van der Waals surface area contributed by atoms with E-state index >= 15 is 0 Å². The van der Waals surface area contributed by atoms with Crippen molar-refractivity contribution in [2.24, 2.45) is 0 Å². The molecule has 0 saturated carbocycles. The summed E-state index contributed by atoms with van der Waals surface area (Å²) in [4.78, 5) is 31.8. The summed E-state index contributed by atoms with van der Waals surface area (Å²) in [6, 6.07) is 10.1. The fourth-order valence-electron chi connectivity index (χ4n) is 3.54. The molecule has 2 aromatic carbocycles. The molecule has 0 aliphatic carbocycles. The smallest absolute Gasteiger partial charge is 0.416 e. The van der Waals surface area contributed by atoms with Gasteiger partial charge in [0, 0.05) is 25.3 Å². The van der Waals surface area contributed by atoms with E-state index in [0.29, 0.717) is 5.56 Å². The predicted octanol–water partition coefficient (Wildman–Crippen LogP) is 3.76. The number of rotatable bonds is 7. The van der Waals surface area contributed by atoms with Crippen LogP contribution in [0.15, 0.2) is 59.1 Å². The van der Waals surface area contributed by atoms with Crippen molar-refractivity contribution in [1.82, 2.24) is 9.88 Å². The normalized spacial score (nSPS) is 14.3. The van der Waals surface area contributed by atoms with Crippen LogP contribution in [0.3, 0.4) is 0 Å². The maximum atomic E-state index is 13.0. The van der Waals surface area contributed by atoms with Crippen molar-refractivity contribution in [1.29, 1.82) is 0 Å². The Hall–Kier alpha value is -4.07. The van der Waals surface area contributed by atoms with E-state index in [9.17, 15) is 31.2 Å². The van der Waals surface area contributed by atoms with E-state index in [-0.39, 0.29) is 42.8 Å². The van der Waals surface area contributed by atoms with Crippen molar-refractivity contribution in [3.8, 4) is 0 Å². The molecule has 4 rings (SSSR count). The lowest BCUT2D eigenvalue weighted by Gasteiger charge is -2.17. The van der Waals surface area contributed by atoms with E-state index < -0.39 is 33.7 Å². The van der Waals surface area contributed by atoms with Crippen LogP contribution in [0.2, 0.25) is 0 Å². The van der Waals surface area contributed by atoms with Crippen LogP contribution in [-0.2, 0) is 22.7 Å². The van der Waals surface area contributed by atoms with Crippen LogP contribution in [0, 0.1) is 0 Å². The number of alkyl halides is 3. The molecule has 1 aliphatic rings. The number of carbonyl (C=O) groups is 2. The van der Waals surface area contributed by atoms with Gasteiger partial charge in [0.1, 0.15) is 0 Å². The lowest BCUT2D eigenvalue weighted by molar-refractivity contribution is -0.137. The summed E-state index contributed by atoms with van der Waals surface area (Å²) in [5.41, 5.74) is 0.0535. The van der Waals surface area contributed by atoms with Gasteiger partial charge in [0.05, 0.1) is 23.7 Å². The molecular formula is C22H20F3N5O5S. The molecule has 0 bridgehead atoms. The highest BCUT2D eigenvalue weighted by molar-refractivity contribution is 7.92. The topological polar surface area (TPSA) is 125 Å². The zero-order valence-corrected chi connectivity index (χ0v) is 19.6. The number of hydrogen-bond acceptors (Lipinski definition) is 6. The fraction of sp³-hybridized carbons (Fsp3) is 0.227. The molecule has 2 N–H and O–H groups in total. The molecule has 2 heterocycles. The van der Waals surface area contributed by atoms with Gasteiger partial charge in [0.2, 0.25) is 15.8 Å². The number of sulfonamides is 1. The average Bonchev–Trinajstić information content (AvgIpc) is 3.40. The standard InChI is InChI=1S/C22H20F3N5O5S/c1-36(33,34)28-17-7-3-6-16(11-17)27-19(31)18-12-26-20(35-18)30-9-8-29(21(30)32)13-14-4-2-5-15(10-14)22(23,24)25/h2-7,10-12,28H,8-9,13H2,1H3,(H,27,31). The summed E-state index contributed by atoms with van der Waals surface area (Å²) >= 11 is 0. The van der Waals surface area contributed by atoms with Gasteiger partial charge in [-0.05, 0) is 35.9 Å². The molecule has 10 nitrogen and oxygen atoms in total. The highest BCUT2D eigenvalue weighted by Gasteiger charge is 2.34. The Kier molecular flexibility index (Phi) is 6.63. The zero-order valence-electron chi connectivity index (χ0n) is 18.7. The zero-order chi connectivity index (χ0) is 26.1. The van der Waals surface area contributed by atoms with Crippen molar-refractivity contribution in [3.63, 3.8) is 0 Å². The minimum Gasteiger partial charge on any atom is -0.418 e. The molecule has 14 heteroatoms. The highest BCUT2D eigenvalue weighted by Crippen LogP contribution is 2.30. The van der Waals surface area contributed by atoms with E-state index in [0.717, 1.165) is 24.6 Å². The van der Waals surface area contributed by atoms with Crippen LogP contribution in [-0.4, -0.2) is 49.6 Å². The fourth-order valence-corrected chi connectivity index (χ4v) is 4.09. The van der Waals surface area contributed by atoms with E-state index in [4.69, 9.17) is 4.42 Å². The van der Waals surface area contributed by atoms with Gasteiger partial charge in [-0.3, -0.25) is 9.52 Å². The lowest BCUT2D eigenvalue weighted by Crippen LogP contribution is -2.31. The van der Waals surface area contributed by atoms with Crippen molar-refractivity contribution in [3.05, 3.63) is 71.6 Å². The van der Waals surface area contributed by atoms with Gasteiger partial charge in [0.15, 0.2) is 0 Å². The number of carbonyl (C=O) groups excluding carboxylic acids is 2. The molecule has 3 amide bonds. The molecular weight excluding hydrogens is 503 g/mol. The van der Waals surface area contributed by atoms with Gasteiger partial charge in [-0.25, -0.2) is 23.1 Å². The first-order valence-corrected chi connectivity index (χ1v) is 12.4. The Labute approximate surface area is 203 Å². The summed E-state index contributed by atoms with van der Waals surface area (Å²) in [7, 11) is -3.50. The number of urea groups is 1. The third-order valence-electron chi connectivity index (χ3n) is 5.09. The van der Waals surface area contributed by atoms with Gasteiger partial charge in [-0.15, -0.1) is 0 Å². The van der Waals surface area contributed by atoms with Gasteiger partial charge in [-0.1, -0.05) is 18.2 Å². The molecule has 1 aromatic heterocycles. The van der Waals surface area contributed by atoms with Crippen LogP contribution in [0.4, 0.5) is 35.4 Å². The monoisotopic (exact) mass is 523 g/mol. The van der Waals surface area contributed by atoms with Gasteiger partial charge in [-0.2, -0.15) is 13.2 Å². The molecule has 1 saturated heterocycles. The van der Waals surface area contributed by atoms with Crippen molar-refractivity contribution >= 4 is 39.4 Å². The molecule has 190 valence electrons. The number of amides is 3. The van der Waals surface area contributed by atoms with Crippen LogP contribution in [0.25, 0.3) is 0 Å². The van der Waals surface area contributed by atoms with E-state index in [1.54, 1.807) is 0 Å². The van der Waals surface area contributed by atoms with Crippen molar-refractivity contribution < 1.29 is 35.6 Å². The first-order valence-electron chi connectivity index (χ1n) is 10.5. The molecule has 0 spiro atoms. The van der Waals surface area contributed by atoms with Crippen LogP contribution in [0.1, 0.15) is 21.7 Å². The second-order valence-corrected chi connectivity index (χ2v) is 9.72. The Morgan fingerprint density at radius 1 is 1.11 bits per heavy atom. The number of aromatic nitrogens is 1. The number of benzene rings is 2. The highest BCUT2D eigenvalue weighted by atomic mass is 32.2. The molecule has 0 atom stereocenters. The summed E-state index contributed by atoms with van der Waals surface area (Å²) < 4.78 is 69.4. The van der Waals surface area contributed by atoms with Gasteiger partial charge in [0.25, 0.3) is 5.91 Å². The van der Waals surface area contributed by atoms with Gasteiger partial charge >= 0.3 is 18.2 Å². The summed E-state index contributed by atoms with van der Waals surface area (Å²) in [6.45, 7) is 0.350. The number of nitrogens with one attached hydrogen (secondary N) is 2.